The number of amides is 1. The van der Waals surface area contributed by atoms with E-state index in [1.807, 2.05) is 0 Å². The molecule has 1 aromatic heterocycles. The Hall–Kier alpha value is -3.74. The molecule has 3 aromatic rings. The van der Waals surface area contributed by atoms with Crippen LogP contribution in [0.25, 0.3) is 16.9 Å². The van der Waals surface area contributed by atoms with Crippen molar-refractivity contribution in [2.75, 3.05) is 0 Å². The summed E-state index contributed by atoms with van der Waals surface area (Å²) in [4.78, 5) is 25.6. The summed E-state index contributed by atoms with van der Waals surface area (Å²) in [5.74, 6) is -2.33. The van der Waals surface area contributed by atoms with Crippen molar-refractivity contribution in [2.45, 2.75) is 31.4 Å². The molecule has 35 heavy (non-hydrogen) atoms. The van der Waals surface area contributed by atoms with Gasteiger partial charge in [0, 0.05) is 5.56 Å². The second-order valence-electron chi connectivity index (χ2n) is 7.45. The topological polar surface area (TPSA) is 84.2 Å². The van der Waals surface area contributed by atoms with Crippen molar-refractivity contribution in [1.82, 2.24) is 15.1 Å². The van der Waals surface area contributed by atoms with E-state index in [2.05, 4.69) is 5.10 Å². The lowest BCUT2D eigenvalue weighted by molar-refractivity contribution is -0.172. The van der Waals surface area contributed by atoms with Crippen LogP contribution in [0.3, 0.4) is 0 Å². The van der Waals surface area contributed by atoms with E-state index in [0.717, 1.165) is 37.3 Å². The molecule has 13 heteroatoms. The van der Waals surface area contributed by atoms with E-state index in [1.165, 1.54) is 17.4 Å². The summed E-state index contributed by atoms with van der Waals surface area (Å²) in [5, 5.41) is 14.9. The van der Waals surface area contributed by atoms with Gasteiger partial charge >= 0.3 is 12.4 Å². The minimum Gasteiger partial charge on any atom is -0.391 e. The van der Waals surface area contributed by atoms with Gasteiger partial charge in [-0.3, -0.25) is 9.59 Å². The van der Waals surface area contributed by atoms with E-state index in [4.69, 9.17) is 0 Å². The van der Waals surface area contributed by atoms with Crippen LogP contribution in [0.5, 0.6) is 0 Å². The zero-order valence-corrected chi connectivity index (χ0v) is 17.7. The Balaban J connectivity index is 2.17. The molecule has 1 amide bonds. The van der Waals surface area contributed by atoms with Gasteiger partial charge in [-0.2, -0.15) is 36.1 Å². The number of hydrogen-bond acceptors (Lipinski definition) is 4. The molecule has 0 aliphatic rings. The highest BCUT2D eigenvalue weighted by Crippen LogP contribution is 2.31. The van der Waals surface area contributed by atoms with Gasteiger partial charge in [0.25, 0.3) is 11.5 Å². The number of aliphatic hydroxyl groups is 1. The first-order valence-corrected chi connectivity index (χ1v) is 9.82. The van der Waals surface area contributed by atoms with Gasteiger partial charge in [-0.05, 0) is 43.3 Å². The molecule has 2 unspecified atom stereocenters. The molecule has 0 bridgehead atoms. The van der Waals surface area contributed by atoms with Gasteiger partial charge in [0.2, 0.25) is 0 Å². The number of nitrogens with zero attached hydrogens (tertiary/aromatic N) is 2. The third-order valence-electron chi connectivity index (χ3n) is 4.84. The highest BCUT2D eigenvalue weighted by atomic mass is 19.4. The minimum absolute atomic E-state index is 0.0138. The molecule has 3 rings (SSSR count). The lowest BCUT2D eigenvalue weighted by Crippen LogP contribution is -2.52. The third-order valence-corrected chi connectivity index (χ3v) is 4.84. The van der Waals surface area contributed by atoms with Gasteiger partial charge < -0.3 is 10.4 Å². The molecule has 0 radical (unpaired) electrons. The monoisotopic (exact) mass is 503 g/mol. The molecule has 186 valence electrons. The van der Waals surface area contributed by atoms with E-state index in [9.17, 15) is 45.4 Å². The maximum absolute atomic E-state index is 13.7. The highest BCUT2D eigenvalue weighted by Gasteiger charge is 2.44. The number of alkyl halides is 6. The second-order valence-corrected chi connectivity index (χ2v) is 7.45. The molecule has 0 aliphatic heterocycles. The Morgan fingerprint density at radius 1 is 1.03 bits per heavy atom. The molecule has 0 saturated heterocycles. The Kier molecular flexibility index (Phi) is 7.01. The van der Waals surface area contributed by atoms with Crippen LogP contribution in [-0.4, -0.2) is 39.1 Å². The lowest BCUT2D eigenvalue weighted by atomic mass is 10.1. The van der Waals surface area contributed by atoms with Gasteiger partial charge in [-0.25, -0.2) is 4.39 Å². The average Bonchev–Trinajstić information content (AvgIpc) is 2.76. The first kappa shape index (κ1) is 25.9. The predicted octanol–water partition coefficient (Wildman–Crippen LogP) is 4.10. The Bertz CT molecular complexity index is 1280. The molecule has 0 spiro atoms. The number of aromatic nitrogens is 2. The molecule has 2 atom stereocenters. The standard InChI is InChI=1S/C22H16F7N3O3/c1-11(33)18(22(27,28)29)30-19(34)16-10-17(12-5-7-13(8-6-12)21(24,25)26)31-32(20(16)35)15-4-2-3-14(23)9-15/h2-11,18,33H,1H3,(H,30,34). The van der Waals surface area contributed by atoms with E-state index >= 15 is 0 Å². The van der Waals surface area contributed by atoms with Crippen LogP contribution < -0.4 is 10.9 Å². The Labute approximate surface area is 192 Å². The quantitative estimate of drug-likeness (QED) is 0.514. The fourth-order valence-electron chi connectivity index (χ4n) is 3.11. The van der Waals surface area contributed by atoms with Gasteiger partial charge in [-0.15, -0.1) is 0 Å². The van der Waals surface area contributed by atoms with Crippen LogP contribution in [0, 0.1) is 5.82 Å². The number of rotatable bonds is 5. The number of hydrogen-bond donors (Lipinski definition) is 2. The number of halogens is 7. The fraction of sp³-hybridized carbons (Fsp3) is 0.227. The predicted molar refractivity (Wildman–Crippen MR) is 109 cm³/mol. The number of nitrogens with one attached hydrogen (secondary N) is 1. The number of carbonyl (C=O) groups is 1. The molecule has 1 heterocycles. The van der Waals surface area contributed by atoms with Crippen molar-refractivity contribution in [3.05, 3.63) is 81.9 Å². The maximum Gasteiger partial charge on any atom is 0.416 e. The highest BCUT2D eigenvalue weighted by molar-refractivity contribution is 5.95. The van der Waals surface area contributed by atoms with Crippen molar-refractivity contribution < 1.29 is 40.6 Å². The van der Waals surface area contributed by atoms with Crippen molar-refractivity contribution in [1.29, 1.82) is 0 Å². The van der Waals surface area contributed by atoms with E-state index in [0.29, 0.717) is 16.8 Å². The Morgan fingerprint density at radius 2 is 1.66 bits per heavy atom. The van der Waals surface area contributed by atoms with Crippen LogP contribution in [0.2, 0.25) is 0 Å². The first-order chi connectivity index (χ1) is 16.2. The molecule has 6 nitrogen and oxygen atoms in total. The summed E-state index contributed by atoms with van der Waals surface area (Å²) in [6.07, 6.45) is -11.8. The largest absolute Gasteiger partial charge is 0.416 e. The van der Waals surface area contributed by atoms with E-state index in [1.54, 1.807) is 0 Å². The van der Waals surface area contributed by atoms with Crippen LogP contribution in [0.4, 0.5) is 30.7 Å². The zero-order valence-electron chi connectivity index (χ0n) is 17.7. The lowest BCUT2D eigenvalue weighted by Gasteiger charge is -2.24. The number of aliphatic hydroxyl groups excluding tert-OH is 1. The fourth-order valence-corrected chi connectivity index (χ4v) is 3.11. The molecule has 0 aliphatic carbocycles. The summed E-state index contributed by atoms with van der Waals surface area (Å²) in [5.41, 5.74) is -3.55. The summed E-state index contributed by atoms with van der Waals surface area (Å²) < 4.78 is 92.6. The second kappa shape index (κ2) is 9.49. The zero-order chi connectivity index (χ0) is 26.1. The molecular weight excluding hydrogens is 487 g/mol. The molecular formula is C22H16F7N3O3. The average molecular weight is 503 g/mol. The summed E-state index contributed by atoms with van der Waals surface area (Å²) in [6, 6.07) is 5.80. The minimum atomic E-state index is -5.06. The van der Waals surface area contributed by atoms with E-state index < -0.39 is 52.9 Å². The smallest absolute Gasteiger partial charge is 0.391 e. The van der Waals surface area contributed by atoms with Crippen LogP contribution in [-0.2, 0) is 6.18 Å². The number of carbonyl (C=O) groups excluding carboxylic acids is 1. The van der Waals surface area contributed by atoms with E-state index in [-0.39, 0.29) is 16.9 Å². The summed E-state index contributed by atoms with van der Waals surface area (Å²) in [6.45, 7) is 0.781. The third kappa shape index (κ3) is 5.85. The Morgan fingerprint density at radius 3 is 2.17 bits per heavy atom. The molecule has 0 fully saturated rings. The van der Waals surface area contributed by atoms with Gasteiger partial charge in [0.15, 0.2) is 6.04 Å². The van der Waals surface area contributed by atoms with Crippen LogP contribution in [0.1, 0.15) is 22.8 Å². The van der Waals surface area contributed by atoms with Crippen molar-refractivity contribution >= 4 is 5.91 Å². The molecule has 0 saturated carbocycles. The SMILES string of the molecule is CC(O)C(NC(=O)c1cc(-c2ccc(C(F)(F)F)cc2)nn(-c2cccc(F)c2)c1=O)C(F)(F)F. The molecule has 2 aromatic carbocycles. The number of benzene rings is 2. The maximum atomic E-state index is 13.7. The van der Waals surface area contributed by atoms with Gasteiger partial charge in [-0.1, -0.05) is 18.2 Å². The van der Waals surface area contributed by atoms with Crippen molar-refractivity contribution in [3.8, 4) is 16.9 Å². The van der Waals surface area contributed by atoms with Gasteiger partial charge in [0.1, 0.15) is 11.4 Å². The van der Waals surface area contributed by atoms with Gasteiger partial charge in [0.05, 0.1) is 23.0 Å². The molecule has 2 N–H and O–H groups in total. The summed E-state index contributed by atoms with van der Waals surface area (Å²) >= 11 is 0. The van der Waals surface area contributed by atoms with Crippen LogP contribution >= 0.6 is 0 Å². The van der Waals surface area contributed by atoms with Crippen molar-refractivity contribution in [3.63, 3.8) is 0 Å². The first-order valence-electron chi connectivity index (χ1n) is 9.82. The van der Waals surface area contributed by atoms with Crippen LogP contribution in [0.15, 0.2) is 59.4 Å². The normalized spacial score (nSPS) is 13.9. The summed E-state index contributed by atoms with van der Waals surface area (Å²) in [7, 11) is 0. The van der Waals surface area contributed by atoms with Crippen molar-refractivity contribution in [2.24, 2.45) is 0 Å².